The minimum atomic E-state index is -3.94. The summed E-state index contributed by atoms with van der Waals surface area (Å²) in [6, 6.07) is 8.24. The molecule has 0 saturated heterocycles. The highest BCUT2D eigenvalue weighted by Gasteiger charge is 2.32. The van der Waals surface area contributed by atoms with Gasteiger partial charge in [-0.05, 0) is 49.2 Å². The monoisotopic (exact) mass is 567 g/mol. The standard InChI is InChI=1S/C22H25Cl4N3O4S/c1-4-19(22(31)27-5-2)28(12-14-6-7-15(23)10-18(14)26)21(30)13-29(34(3,32)33)20-11-16(24)8-9-17(20)25/h6-11,19H,4-5,12-13H2,1-3H3,(H,27,31)/t19-/m0/s1. The maximum atomic E-state index is 13.6. The number of nitrogens with zero attached hydrogens (tertiary/aromatic N) is 2. The highest BCUT2D eigenvalue weighted by atomic mass is 35.5. The van der Waals surface area contributed by atoms with Gasteiger partial charge in [0.2, 0.25) is 21.8 Å². The van der Waals surface area contributed by atoms with Crippen molar-refractivity contribution in [2.45, 2.75) is 32.9 Å². The Balaban J connectivity index is 2.51. The number of anilines is 1. The van der Waals surface area contributed by atoms with Crippen LogP contribution >= 0.6 is 46.4 Å². The first kappa shape index (κ1) is 28.5. The molecule has 2 aromatic rings. The fraction of sp³-hybridized carbons (Fsp3) is 0.364. The molecule has 0 heterocycles. The van der Waals surface area contributed by atoms with Gasteiger partial charge >= 0.3 is 0 Å². The number of carbonyl (C=O) groups is 2. The molecule has 0 unspecified atom stereocenters. The van der Waals surface area contributed by atoms with Gasteiger partial charge in [0, 0.05) is 28.2 Å². The average Bonchev–Trinajstić information content (AvgIpc) is 2.74. The Morgan fingerprint density at radius 2 is 1.59 bits per heavy atom. The number of rotatable bonds is 10. The van der Waals surface area contributed by atoms with Crippen LogP contribution in [0.1, 0.15) is 25.8 Å². The van der Waals surface area contributed by atoms with E-state index < -0.39 is 28.5 Å². The lowest BCUT2D eigenvalue weighted by atomic mass is 10.1. The van der Waals surface area contributed by atoms with Crippen LogP contribution < -0.4 is 9.62 Å². The zero-order valence-electron chi connectivity index (χ0n) is 18.8. The highest BCUT2D eigenvalue weighted by molar-refractivity contribution is 7.92. The zero-order valence-corrected chi connectivity index (χ0v) is 22.7. The van der Waals surface area contributed by atoms with Crippen molar-refractivity contribution in [3.8, 4) is 0 Å². The Kier molecular flexibility index (Phi) is 10.3. The van der Waals surface area contributed by atoms with Gasteiger partial charge in [-0.2, -0.15) is 0 Å². The fourth-order valence-corrected chi connectivity index (χ4v) is 5.07. The van der Waals surface area contributed by atoms with Crippen molar-refractivity contribution in [2.75, 3.05) is 23.7 Å². The zero-order chi connectivity index (χ0) is 25.6. The Bertz CT molecular complexity index is 1160. The molecule has 0 aliphatic heterocycles. The second kappa shape index (κ2) is 12.3. The summed E-state index contributed by atoms with van der Waals surface area (Å²) in [6.07, 6.45) is 1.25. The van der Waals surface area contributed by atoms with Crippen LogP contribution in [0.2, 0.25) is 20.1 Å². The average molecular weight is 569 g/mol. The number of hydrogen-bond donors (Lipinski definition) is 1. The molecule has 0 aromatic heterocycles. The fourth-order valence-electron chi connectivity index (χ4n) is 3.32. The molecule has 0 radical (unpaired) electrons. The molecule has 7 nitrogen and oxygen atoms in total. The Morgan fingerprint density at radius 1 is 0.971 bits per heavy atom. The second-order valence-corrected chi connectivity index (χ2v) is 11.0. The van der Waals surface area contributed by atoms with Crippen molar-refractivity contribution in [2.24, 2.45) is 0 Å². The molecule has 0 aliphatic rings. The van der Waals surface area contributed by atoms with E-state index in [1.807, 2.05) is 0 Å². The molecular formula is C22H25Cl4N3O4S. The minimum Gasteiger partial charge on any atom is -0.355 e. The summed E-state index contributed by atoms with van der Waals surface area (Å²) in [4.78, 5) is 27.6. The molecule has 0 saturated carbocycles. The van der Waals surface area contributed by atoms with Gasteiger partial charge in [-0.15, -0.1) is 0 Å². The van der Waals surface area contributed by atoms with Crippen LogP contribution in [-0.4, -0.2) is 50.5 Å². The number of halogens is 4. The lowest BCUT2D eigenvalue weighted by Crippen LogP contribution is -2.52. The second-order valence-electron chi connectivity index (χ2n) is 7.44. The van der Waals surface area contributed by atoms with Crippen molar-refractivity contribution in [1.29, 1.82) is 0 Å². The quantitative estimate of drug-likeness (QED) is 0.436. The van der Waals surface area contributed by atoms with E-state index in [-0.39, 0.29) is 28.2 Å². The molecule has 1 N–H and O–H groups in total. The van der Waals surface area contributed by atoms with E-state index >= 15 is 0 Å². The van der Waals surface area contributed by atoms with Crippen LogP contribution in [0.25, 0.3) is 0 Å². The number of hydrogen-bond acceptors (Lipinski definition) is 4. The molecule has 2 amide bonds. The molecule has 0 aliphatic carbocycles. The Morgan fingerprint density at radius 3 is 2.15 bits per heavy atom. The van der Waals surface area contributed by atoms with Gasteiger partial charge < -0.3 is 10.2 Å². The maximum Gasteiger partial charge on any atom is 0.244 e. The molecule has 0 bridgehead atoms. The molecule has 0 fully saturated rings. The van der Waals surface area contributed by atoms with Crippen molar-refractivity contribution in [3.05, 3.63) is 62.1 Å². The van der Waals surface area contributed by atoms with E-state index in [1.54, 1.807) is 26.0 Å². The van der Waals surface area contributed by atoms with Crippen molar-refractivity contribution < 1.29 is 18.0 Å². The molecular weight excluding hydrogens is 544 g/mol. The van der Waals surface area contributed by atoms with Crippen LogP contribution in [-0.2, 0) is 26.2 Å². The van der Waals surface area contributed by atoms with Crippen LogP contribution in [0.3, 0.4) is 0 Å². The van der Waals surface area contributed by atoms with Crippen LogP contribution in [0.5, 0.6) is 0 Å². The summed E-state index contributed by atoms with van der Waals surface area (Å²) in [7, 11) is -3.94. The number of sulfonamides is 1. The van der Waals surface area contributed by atoms with Gasteiger partial charge in [0.25, 0.3) is 0 Å². The van der Waals surface area contributed by atoms with E-state index in [2.05, 4.69) is 5.32 Å². The van der Waals surface area contributed by atoms with Crippen molar-refractivity contribution >= 4 is 73.9 Å². The van der Waals surface area contributed by atoms with Gasteiger partial charge in [0.15, 0.2) is 0 Å². The van der Waals surface area contributed by atoms with Crippen molar-refractivity contribution in [1.82, 2.24) is 10.2 Å². The summed E-state index contributed by atoms with van der Waals surface area (Å²) in [5.41, 5.74) is 0.606. The number of likely N-dealkylation sites (N-methyl/N-ethyl adjacent to an activating group) is 1. The summed E-state index contributed by atoms with van der Waals surface area (Å²) in [5, 5.41) is 3.80. The normalized spacial score (nSPS) is 12.2. The van der Waals surface area contributed by atoms with E-state index in [4.69, 9.17) is 46.4 Å². The summed E-state index contributed by atoms with van der Waals surface area (Å²) in [6.45, 7) is 3.25. The summed E-state index contributed by atoms with van der Waals surface area (Å²) in [5.74, 6) is -0.985. The molecule has 1 atom stereocenters. The third-order valence-corrected chi connectivity index (χ3v) is 7.22. The van der Waals surface area contributed by atoms with Gasteiger partial charge in [-0.3, -0.25) is 13.9 Å². The Labute approximate surface area is 220 Å². The van der Waals surface area contributed by atoms with Gasteiger partial charge in [0.1, 0.15) is 12.6 Å². The predicted molar refractivity (Wildman–Crippen MR) is 138 cm³/mol. The van der Waals surface area contributed by atoms with Crippen LogP contribution in [0.4, 0.5) is 5.69 Å². The van der Waals surface area contributed by atoms with Gasteiger partial charge in [0.05, 0.1) is 17.0 Å². The van der Waals surface area contributed by atoms with Crippen LogP contribution in [0, 0.1) is 0 Å². The smallest absolute Gasteiger partial charge is 0.244 e. The number of benzene rings is 2. The Hall–Kier alpha value is -1.71. The van der Waals surface area contributed by atoms with E-state index in [1.165, 1.54) is 29.2 Å². The first-order chi connectivity index (χ1) is 15.9. The highest BCUT2D eigenvalue weighted by Crippen LogP contribution is 2.31. The molecule has 2 rings (SSSR count). The lowest BCUT2D eigenvalue weighted by Gasteiger charge is -2.33. The lowest BCUT2D eigenvalue weighted by molar-refractivity contribution is -0.140. The first-order valence-corrected chi connectivity index (χ1v) is 13.7. The molecule has 34 heavy (non-hydrogen) atoms. The number of nitrogens with one attached hydrogen (secondary N) is 1. The molecule has 2 aromatic carbocycles. The van der Waals surface area contributed by atoms with Gasteiger partial charge in [-0.25, -0.2) is 8.42 Å². The largest absolute Gasteiger partial charge is 0.355 e. The number of carbonyl (C=O) groups excluding carboxylic acids is 2. The third kappa shape index (κ3) is 7.39. The van der Waals surface area contributed by atoms with E-state index in [0.717, 1.165) is 10.6 Å². The maximum absolute atomic E-state index is 13.6. The van der Waals surface area contributed by atoms with E-state index in [9.17, 15) is 18.0 Å². The summed E-state index contributed by atoms with van der Waals surface area (Å²) < 4.78 is 26.1. The first-order valence-electron chi connectivity index (χ1n) is 10.3. The molecule has 12 heteroatoms. The minimum absolute atomic E-state index is 0.0364. The number of amides is 2. The topological polar surface area (TPSA) is 86.8 Å². The molecule has 0 spiro atoms. The predicted octanol–water partition coefficient (Wildman–Crippen LogP) is 5.01. The van der Waals surface area contributed by atoms with Gasteiger partial charge in [-0.1, -0.05) is 59.4 Å². The van der Waals surface area contributed by atoms with E-state index in [0.29, 0.717) is 28.6 Å². The summed E-state index contributed by atoms with van der Waals surface area (Å²) >= 11 is 24.6. The SMILES string of the molecule is CCNC(=O)[C@H](CC)N(Cc1ccc(Cl)cc1Cl)C(=O)CN(c1cc(Cl)ccc1Cl)S(C)(=O)=O. The third-order valence-electron chi connectivity index (χ3n) is 4.95. The van der Waals surface area contributed by atoms with Crippen molar-refractivity contribution in [3.63, 3.8) is 0 Å². The van der Waals surface area contributed by atoms with Crippen LogP contribution in [0.15, 0.2) is 36.4 Å². The molecule has 186 valence electrons.